The normalized spacial score (nSPS) is 11.5. The predicted octanol–water partition coefficient (Wildman–Crippen LogP) is 3.16. The van der Waals surface area contributed by atoms with Crippen molar-refractivity contribution >= 4 is 33.2 Å². The summed E-state index contributed by atoms with van der Waals surface area (Å²) >= 11 is 0. The number of anilines is 1. The molecule has 0 saturated heterocycles. The van der Waals surface area contributed by atoms with Gasteiger partial charge >= 0.3 is 6.03 Å². The Balaban J connectivity index is 1.39. The molecule has 0 bridgehead atoms. The van der Waals surface area contributed by atoms with Gasteiger partial charge in [-0.25, -0.2) is 27.9 Å². The van der Waals surface area contributed by atoms with E-state index < -0.39 is 16.1 Å². The summed E-state index contributed by atoms with van der Waals surface area (Å²) in [6, 6.07) is 15.1. The third-order valence-corrected chi connectivity index (χ3v) is 6.76. The molecule has 4 N–H and O–H groups in total. The lowest BCUT2D eigenvalue weighted by Crippen LogP contribution is -2.40. The van der Waals surface area contributed by atoms with Gasteiger partial charge in [0.25, 0.3) is 10.0 Å². The first-order valence-electron chi connectivity index (χ1n) is 10.7. The highest BCUT2D eigenvalue weighted by Crippen LogP contribution is 2.24. The molecule has 0 aliphatic heterocycles. The second-order valence-electron chi connectivity index (χ2n) is 8.15. The van der Waals surface area contributed by atoms with Crippen LogP contribution in [0.2, 0.25) is 0 Å². The molecule has 0 radical (unpaired) electrons. The molecule has 0 fully saturated rings. The second kappa shape index (κ2) is 9.14. The number of carbonyl (C=O) groups is 1. The molecule has 0 aliphatic carbocycles. The number of amides is 2. The molecule has 2 aromatic carbocycles. The zero-order valence-electron chi connectivity index (χ0n) is 19.2. The number of hydrogen-bond acceptors (Lipinski definition) is 6. The molecule has 2 heterocycles. The number of benzene rings is 2. The van der Waals surface area contributed by atoms with Crippen molar-refractivity contribution in [3.05, 3.63) is 77.0 Å². The van der Waals surface area contributed by atoms with Gasteiger partial charge < -0.3 is 11.1 Å². The highest BCUT2D eigenvalue weighted by molar-refractivity contribution is 7.90. The number of hydrogen-bond donors (Lipinski definition) is 3. The molecule has 176 valence electrons. The molecule has 0 spiro atoms. The summed E-state index contributed by atoms with van der Waals surface area (Å²) in [6.45, 7) is 6.03. The van der Waals surface area contributed by atoms with Crippen molar-refractivity contribution in [2.75, 3.05) is 12.3 Å². The van der Waals surface area contributed by atoms with E-state index in [1.54, 1.807) is 16.7 Å². The van der Waals surface area contributed by atoms with Crippen LogP contribution in [0.25, 0.3) is 16.9 Å². The van der Waals surface area contributed by atoms with E-state index in [1.165, 1.54) is 12.1 Å². The summed E-state index contributed by atoms with van der Waals surface area (Å²) in [5, 5.41) is 2.58. The van der Waals surface area contributed by atoms with Gasteiger partial charge in [-0.1, -0.05) is 29.8 Å². The van der Waals surface area contributed by atoms with Gasteiger partial charge in [-0.3, -0.25) is 4.57 Å². The van der Waals surface area contributed by atoms with Crippen molar-refractivity contribution in [2.24, 2.45) is 0 Å². The van der Waals surface area contributed by atoms with Gasteiger partial charge in [0, 0.05) is 12.2 Å². The van der Waals surface area contributed by atoms with Crippen molar-refractivity contribution < 1.29 is 13.2 Å². The minimum Gasteiger partial charge on any atom is -0.369 e. The number of nitrogen functional groups attached to an aromatic ring is 1. The maximum absolute atomic E-state index is 12.3. The van der Waals surface area contributed by atoms with Gasteiger partial charge in [0.1, 0.15) is 5.52 Å². The number of aromatic nitrogens is 3. The number of fused-ring (bicyclic) bond motifs is 1. The van der Waals surface area contributed by atoms with Crippen LogP contribution in [-0.4, -0.2) is 35.5 Å². The number of sulfonamides is 1. The molecule has 0 saturated carbocycles. The number of nitrogens with one attached hydrogen (secondary N) is 2. The maximum atomic E-state index is 12.3. The Morgan fingerprint density at radius 3 is 2.35 bits per heavy atom. The molecule has 0 unspecified atom stereocenters. The van der Waals surface area contributed by atoms with E-state index in [4.69, 9.17) is 5.73 Å². The van der Waals surface area contributed by atoms with E-state index in [-0.39, 0.29) is 11.4 Å². The number of urea groups is 1. The molecule has 9 nitrogen and oxygen atoms in total. The van der Waals surface area contributed by atoms with Crippen LogP contribution >= 0.6 is 0 Å². The highest BCUT2D eigenvalue weighted by atomic mass is 32.2. The Hall–Kier alpha value is -3.92. The Labute approximate surface area is 198 Å². The maximum Gasteiger partial charge on any atom is 0.328 e. The van der Waals surface area contributed by atoms with Gasteiger partial charge in [-0.15, -0.1) is 0 Å². The smallest absolute Gasteiger partial charge is 0.328 e. The van der Waals surface area contributed by atoms with Gasteiger partial charge in [0.05, 0.1) is 10.6 Å². The lowest BCUT2D eigenvalue weighted by Gasteiger charge is -2.10. The van der Waals surface area contributed by atoms with Crippen LogP contribution in [-0.2, 0) is 16.4 Å². The molecule has 34 heavy (non-hydrogen) atoms. The Bertz CT molecular complexity index is 1460. The monoisotopic (exact) mass is 478 g/mol. The number of aryl methyl sites for hydroxylation is 3. The largest absolute Gasteiger partial charge is 0.369 e. The van der Waals surface area contributed by atoms with Crippen LogP contribution in [0.15, 0.2) is 59.5 Å². The summed E-state index contributed by atoms with van der Waals surface area (Å²) in [4.78, 5) is 21.2. The number of nitrogens with zero attached hydrogens (tertiary/aromatic N) is 3. The fourth-order valence-corrected chi connectivity index (χ4v) is 4.63. The van der Waals surface area contributed by atoms with Crippen LogP contribution in [0, 0.1) is 20.8 Å². The van der Waals surface area contributed by atoms with Crippen LogP contribution < -0.4 is 15.8 Å². The van der Waals surface area contributed by atoms with E-state index >= 15 is 0 Å². The van der Waals surface area contributed by atoms with Gasteiger partial charge in [0.2, 0.25) is 5.95 Å². The molecule has 0 aliphatic rings. The highest BCUT2D eigenvalue weighted by Gasteiger charge is 2.17. The third-order valence-electron chi connectivity index (χ3n) is 5.41. The first-order chi connectivity index (χ1) is 16.1. The lowest BCUT2D eigenvalue weighted by atomic mass is 10.1. The summed E-state index contributed by atoms with van der Waals surface area (Å²) in [7, 11) is -3.92. The van der Waals surface area contributed by atoms with Gasteiger partial charge in [0.15, 0.2) is 5.65 Å². The number of rotatable bonds is 6. The SMILES string of the molecule is Cc1ccc(S(=O)(=O)NC(=O)NCCc2ccc(-n3c(N)nc4c(C)cc(C)nc43)cc2)cc1. The molecule has 10 heteroatoms. The minimum absolute atomic E-state index is 0.0371. The standard InChI is InChI=1S/C24H26N6O3S/c1-15-4-10-20(11-5-15)34(32,33)29-24(31)26-13-12-18-6-8-19(9-7-18)30-22-21(28-23(30)25)16(2)14-17(3)27-22/h4-11,14H,12-13H2,1-3H3,(H2,25,28)(H2,26,29,31). The van der Waals surface area contributed by atoms with Crippen LogP contribution in [0.4, 0.5) is 10.7 Å². The Morgan fingerprint density at radius 1 is 1.00 bits per heavy atom. The molecule has 2 aromatic heterocycles. The third kappa shape index (κ3) is 4.86. The predicted molar refractivity (Wildman–Crippen MR) is 131 cm³/mol. The molecular weight excluding hydrogens is 452 g/mol. The van der Waals surface area contributed by atoms with Crippen molar-refractivity contribution in [3.63, 3.8) is 0 Å². The minimum atomic E-state index is -3.92. The Kier molecular flexibility index (Phi) is 6.25. The van der Waals surface area contributed by atoms with E-state index in [9.17, 15) is 13.2 Å². The average molecular weight is 479 g/mol. The molecule has 4 rings (SSSR count). The first kappa shape index (κ1) is 23.2. The van der Waals surface area contributed by atoms with Gasteiger partial charge in [-0.2, -0.15) is 0 Å². The fraction of sp³-hybridized carbons (Fsp3) is 0.208. The van der Waals surface area contributed by atoms with Gasteiger partial charge in [-0.05, 0) is 68.7 Å². The first-order valence-corrected chi connectivity index (χ1v) is 12.2. The number of pyridine rings is 1. The second-order valence-corrected chi connectivity index (χ2v) is 9.83. The Morgan fingerprint density at radius 2 is 1.68 bits per heavy atom. The lowest BCUT2D eigenvalue weighted by molar-refractivity contribution is 0.246. The van der Waals surface area contributed by atoms with E-state index in [1.807, 2.05) is 55.8 Å². The topological polar surface area (TPSA) is 132 Å². The van der Waals surface area contributed by atoms with Crippen molar-refractivity contribution in [2.45, 2.75) is 32.1 Å². The van der Waals surface area contributed by atoms with E-state index in [0.29, 0.717) is 18.0 Å². The zero-order chi connectivity index (χ0) is 24.5. The molecule has 0 atom stereocenters. The number of imidazole rings is 1. The average Bonchev–Trinajstić information content (AvgIpc) is 3.10. The molecule has 2 amide bonds. The number of nitrogens with two attached hydrogens (primary N) is 1. The van der Waals surface area contributed by atoms with Crippen molar-refractivity contribution in [1.29, 1.82) is 0 Å². The quantitative estimate of drug-likeness (QED) is 0.390. The van der Waals surface area contributed by atoms with Crippen LogP contribution in [0.3, 0.4) is 0 Å². The zero-order valence-corrected chi connectivity index (χ0v) is 20.0. The summed E-state index contributed by atoms with van der Waals surface area (Å²) in [6.07, 6.45) is 0.523. The summed E-state index contributed by atoms with van der Waals surface area (Å²) in [5.41, 5.74) is 12.3. The van der Waals surface area contributed by atoms with Crippen LogP contribution in [0.5, 0.6) is 0 Å². The van der Waals surface area contributed by atoms with E-state index in [2.05, 4.69) is 15.3 Å². The van der Waals surface area contributed by atoms with Crippen LogP contribution in [0.1, 0.15) is 22.4 Å². The van der Waals surface area contributed by atoms with Crippen molar-refractivity contribution in [3.8, 4) is 5.69 Å². The number of carbonyl (C=O) groups excluding carboxylic acids is 1. The fourth-order valence-electron chi connectivity index (χ4n) is 3.70. The summed E-state index contributed by atoms with van der Waals surface area (Å²) < 4.78 is 28.4. The molecule has 4 aromatic rings. The summed E-state index contributed by atoms with van der Waals surface area (Å²) in [5.74, 6) is 0.358. The molecular formula is C24H26N6O3S. The van der Waals surface area contributed by atoms with Crippen molar-refractivity contribution in [1.82, 2.24) is 24.6 Å². The van der Waals surface area contributed by atoms with E-state index in [0.717, 1.165) is 33.6 Å².